The second-order valence-electron chi connectivity index (χ2n) is 6.00. The van der Waals surface area contributed by atoms with E-state index in [0.29, 0.717) is 0 Å². The maximum Gasteiger partial charge on any atom is 0.0617 e. The Morgan fingerprint density at radius 2 is 1.60 bits per heavy atom. The molecule has 0 amide bonds. The highest BCUT2D eigenvalue weighted by Crippen LogP contribution is 2.08. The number of rotatable bonds is 14. The zero-order valence-electron chi connectivity index (χ0n) is 14.0. The number of nitrogens with zero attached hydrogens (tertiary/aromatic N) is 3. The molecule has 2 N–H and O–H groups in total. The monoisotopic (exact) mass is 284 g/mol. The smallest absolute Gasteiger partial charge is 0.0617 e. The highest BCUT2D eigenvalue weighted by molar-refractivity contribution is 4.55. The lowest BCUT2D eigenvalue weighted by molar-refractivity contribution is 0.248. The fourth-order valence-electron chi connectivity index (χ4n) is 2.09. The Morgan fingerprint density at radius 1 is 0.950 bits per heavy atom. The molecule has 0 atom stereocenters. The minimum atomic E-state index is 0.778. The number of nitrogens with two attached hydrogens (primary N) is 1. The van der Waals surface area contributed by atoms with Crippen molar-refractivity contribution in [2.75, 3.05) is 26.2 Å². The minimum absolute atomic E-state index is 0.778. The van der Waals surface area contributed by atoms with Gasteiger partial charge in [-0.2, -0.15) is 5.11 Å². The predicted octanol–water partition coefficient (Wildman–Crippen LogP) is 4.41. The van der Waals surface area contributed by atoms with E-state index >= 15 is 0 Å². The first kappa shape index (κ1) is 19.4. The summed E-state index contributed by atoms with van der Waals surface area (Å²) >= 11 is 0. The normalized spacial score (nSPS) is 11.7. The third-order valence-corrected chi connectivity index (χ3v) is 3.33. The molecule has 0 spiro atoms. The third kappa shape index (κ3) is 13.8. The first-order valence-corrected chi connectivity index (χ1v) is 8.53. The molecular weight excluding hydrogens is 248 g/mol. The van der Waals surface area contributed by atoms with Crippen LogP contribution in [0.1, 0.15) is 72.1 Å². The zero-order valence-corrected chi connectivity index (χ0v) is 14.0. The second-order valence-corrected chi connectivity index (χ2v) is 6.00. The van der Waals surface area contributed by atoms with Crippen molar-refractivity contribution in [2.45, 2.75) is 72.1 Å². The maximum atomic E-state index is 5.50. The Morgan fingerprint density at radius 3 is 2.25 bits per heavy atom. The summed E-state index contributed by atoms with van der Waals surface area (Å²) in [6.07, 6.45) is 9.79. The van der Waals surface area contributed by atoms with Crippen molar-refractivity contribution in [3.63, 3.8) is 0 Å². The molecular formula is C16H36N4. The molecule has 120 valence electrons. The van der Waals surface area contributed by atoms with Crippen LogP contribution in [0, 0.1) is 5.92 Å². The van der Waals surface area contributed by atoms with E-state index in [2.05, 4.69) is 36.1 Å². The molecule has 0 aliphatic heterocycles. The van der Waals surface area contributed by atoms with Gasteiger partial charge in [0.25, 0.3) is 0 Å². The van der Waals surface area contributed by atoms with Gasteiger partial charge in [-0.05, 0) is 44.6 Å². The summed E-state index contributed by atoms with van der Waals surface area (Å²) in [4.78, 5) is 0. The highest BCUT2D eigenvalue weighted by atomic mass is 15.5. The van der Waals surface area contributed by atoms with Crippen LogP contribution in [0.2, 0.25) is 0 Å². The minimum Gasteiger partial charge on any atom is -0.330 e. The molecule has 0 aliphatic rings. The topological polar surface area (TPSA) is 54.0 Å². The molecule has 0 radical (unpaired) electrons. The van der Waals surface area contributed by atoms with Crippen molar-refractivity contribution in [1.82, 2.24) is 5.01 Å². The number of unbranched alkanes of at least 4 members (excludes halogenated alkanes) is 4. The first-order chi connectivity index (χ1) is 9.70. The van der Waals surface area contributed by atoms with Gasteiger partial charge < -0.3 is 5.73 Å². The van der Waals surface area contributed by atoms with E-state index in [0.717, 1.165) is 44.9 Å². The fraction of sp³-hybridized carbons (Fsp3) is 1.00. The summed E-state index contributed by atoms with van der Waals surface area (Å²) in [5.41, 5.74) is 5.50. The van der Waals surface area contributed by atoms with E-state index < -0.39 is 0 Å². The van der Waals surface area contributed by atoms with E-state index in [1.807, 2.05) is 0 Å². The van der Waals surface area contributed by atoms with E-state index in [-0.39, 0.29) is 0 Å². The van der Waals surface area contributed by atoms with Crippen LogP contribution in [0.4, 0.5) is 0 Å². The molecule has 0 rings (SSSR count). The number of hydrogen-bond donors (Lipinski definition) is 1. The lowest BCUT2D eigenvalue weighted by Gasteiger charge is -2.18. The van der Waals surface area contributed by atoms with Crippen LogP contribution in [-0.4, -0.2) is 31.2 Å². The molecule has 0 saturated carbocycles. The van der Waals surface area contributed by atoms with Crippen molar-refractivity contribution < 1.29 is 0 Å². The molecule has 4 heteroatoms. The van der Waals surface area contributed by atoms with Gasteiger partial charge in [0.05, 0.1) is 6.54 Å². The van der Waals surface area contributed by atoms with Crippen LogP contribution in [0.3, 0.4) is 0 Å². The Kier molecular flexibility index (Phi) is 14.3. The molecule has 20 heavy (non-hydrogen) atoms. The van der Waals surface area contributed by atoms with Crippen molar-refractivity contribution in [2.24, 2.45) is 22.0 Å². The first-order valence-electron chi connectivity index (χ1n) is 8.53. The summed E-state index contributed by atoms with van der Waals surface area (Å²) < 4.78 is 0. The maximum absolute atomic E-state index is 5.50. The molecule has 0 saturated heterocycles. The van der Waals surface area contributed by atoms with Crippen LogP contribution in [0.15, 0.2) is 10.3 Å². The molecule has 0 aromatic carbocycles. The lowest BCUT2D eigenvalue weighted by atomic mass is 10.1. The van der Waals surface area contributed by atoms with Crippen LogP contribution in [0.25, 0.3) is 0 Å². The Hall–Kier alpha value is -0.640. The van der Waals surface area contributed by atoms with Gasteiger partial charge in [0, 0.05) is 13.1 Å². The number of hydrogen-bond acceptors (Lipinski definition) is 3. The van der Waals surface area contributed by atoms with Gasteiger partial charge in [0.1, 0.15) is 0 Å². The molecule has 0 heterocycles. The van der Waals surface area contributed by atoms with Gasteiger partial charge in [-0.25, -0.2) is 0 Å². The van der Waals surface area contributed by atoms with Crippen LogP contribution in [-0.2, 0) is 0 Å². The van der Waals surface area contributed by atoms with E-state index in [9.17, 15) is 0 Å². The predicted molar refractivity (Wildman–Crippen MR) is 87.8 cm³/mol. The second kappa shape index (κ2) is 14.8. The van der Waals surface area contributed by atoms with Gasteiger partial charge in [-0.15, -0.1) is 0 Å². The van der Waals surface area contributed by atoms with Crippen LogP contribution in [0.5, 0.6) is 0 Å². The zero-order chi connectivity index (χ0) is 15.1. The van der Waals surface area contributed by atoms with Gasteiger partial charge in [-0.3, -0.25) is 5.01 Å². The van der Waals surface area contributed by atoms with Gasteiger partial charge >= 0.3 is 0 Å². The summed E-state index contributed by atoms with van der Waals surface area (Å²) in [6.45, 7) is 10.5. The average Bonchev–Trinajstić information content (AvgIpc) is 2.42. The Labute approximate surface area is 126 Å². The van der Waals surface area contributed by atoms with Gasteiger partial charge in [0.15, 0.2) is 0 Å². The van der Waals surface area contributed by atoms with Gasteiger partial charge in [-0.1, -0.05) is 45.3 Å². The van der Waals surface area contributed by atoms with Crippen LogP contribution >= 0.6 is 0 Å². The Balaban J connectivity index is 3.79. The van der Waals surface area contributed by atoms with Gasteiger partial charge in [0.2, 0.25) is 0 Å². The summed E-state index contributed by atoms with van der Waals surface area (Å²) in [7, 11) is 0. The lowest BCUT2D eigenvalue weighted by Crippen LogP contribution is -2.20. The van der Waals surface area contributed by atoms with Crippen molar-refractivity contribution >= 4 is 0 Å². The quantitative estimate of drug-likeness (QED) is 0.292. The average molecular weight is 284 g/mol. The largest absolute Gasteiger partial charge is 0.330 e. The van der Waals surface area contributed by atoms with E-state index in [1.165, 1.54) is 38.5 Å². The highest BCUT2D eigenvalue weighted by Gasteiger charge is 2.03. The summed E-state index contributed by atoms with van der Waals surface area (Å²) in [5.74, 6) is 0.778. The van der Waals surface area contributed by atoms with Crippen molar-refractivity contribution in [1.29, 1.82) is 0 Å². The Bertz CT molecular complexity index is 217. The summed E-state index contributed by atoms with van der Waals surface area (Å²) in [6, 6.07) is 0. The summed E-state index contributed by atoms with van der Waals surface area (Å²) in [5, 5.41) is 10.8. The van der Waals surface area contributed by atoms with E-state index in [4.69, 9.17) is 5.73 Å². The molecule has 0 fully saturated rings. The third-order valence-electron chi connectivity index (χ3n) is 3.33. The van der Waals surface area contributed by atoms with E-state index in [1.54, 1.807) is 0 Å². The van der Waals surface area contributed by atoms with Crippen molar-refractivity contribution in [3.05, 3.63) is 0 Å². The molecule has 0 unspecified atom stereocenters. The molecule has 0 aromatic rings. The molecule has 4 nitrogen and oxygen atoms in total. The fourth-order valence-corrected chi connectivity index (χ4v) is 2.09. The molecule has 0 aliphatic carbocycles. The molecule has 0 bridgehead atoms. The molecule has 0 aromatic heterocycles. The van der Waals surface area contributed by atoms with Crippen LogP contribution < -0.4 is 5.73 Å². The SMILES string of the molecule is CCCN=NN(CCCCCCCN)CCCC(C)C. The standard InChI is InChI=1S/C16H36N4/c1-4-13-18-19-20(15-10-11-16(2)3)14-9-7-5-6-8-12-17/h16H,4-15,17H2,1-3H3. The van der Waals surface area contributed by atoms with Crippen molar-refractivity contribution in [3.8, 4) is 0 Å².